The van der Waals surface area contributed by atoms with Gasteiger partial charge in [0.25, 0.3) is 0 Å². The standard InChI is InChI=1S/C20H21Cl2FNO8P/c1-20(23)18(27)16(31-19(20)24-4-2-14(25)9-17(24)26)10-30-33(28)29-5-3-15(32-33)11-6-12(21)8-13(22)7-11/h2,4,6-8,15-16,18-19,27H,3,5,9-10H2,1H3/t15-,16-,18-,19-,20-,33?/m1/s1. The molecule has 1 N–H and O–H groups in total. The first-order valence-corrected chi connectivity index (χ1v) is 12.3. The fourth-order valence-corrected chi connectivity index (χ4v) is 5.77. The zero-order valence-electron chi connectivity index (χ0n) is 17.4. The molecule has 3 aliphatic rings. The molecule has 3 heterocycles. The van der Waals surface area contributed by atoms with Crippen molar-refractivity contribution in [2.45, 2.75) is 50.0 Å². The van der Waals surface area contributed by atoms with E-state index in [9.17, 15) is 19.3 Å². The van der Waals surface area contributed by atoms with Gasteiger partial charge in [0.2, 0.25) is 5.91 Å². The van der Waals surface area contributed by atoms with Crippen molar-refractivity contribution in [1.29, 1.82) is 0 Å². The highest BCUT2D eigenvalue weighted by molar-refractivity contribution is 7.48. The van der Waals surface area contributed by atoms with Gasteiger partial charge in [-0.25, -0.2) is 8.96 Å². The van der Waals surface area contributed by atoms with Crippen molar-refractivity contribution >= 4 is 42.7 Å². The number of allylic oxidation sites excluding steroid dienone is 1. The third-order valence-electron chi connectivity index (χ3n) is 5.54. The molecule has 0 aromatic heterocycles. The number of halogens is 3. The molecular formula is C20H21Cl2FNO8P. The highest BCUT2D eigenvalue weighted by atomic mass is 35.5. The van der Waals surface area contributed by atoms with E-state index in [0.29, 0.717) is 22.0 Å². The first kappa shape index (κ1) is 24.8. The summed E-state index contributed by atoms with van der Waals surface area (Å²) in [4.78, 5) is 24.5. The number of aliphatic hydroxyl groups excluding tert-OH is 1. The summed E-state index contributed by atoms with van der Waals surface area (Å²) in [5.74, 6) is -1.09. The third kappa shape index (κ3) is 5.18. The molecule has 1 aromatic rings. The average molecular weight is 524 g/mol. The molecule has 2 fully saturated rings. The van der Waals surface area contributed by atoms with Gasteiger partial charge in [-0.15, -0.1) is 0 Å². The number of ketones is 1. The van der Waals surface area contributed by atoms with Crippen molar-refractivity contribution in [2.75, 3.05) is 13.2 Å². The highest BCUT2D eigenvalue weighted by Crippen LogP contribution is 2.57. The van der Waals surface area contributed by atoms with Gasteiger partial charge in [-0.05, 0) is 36.8 Å². The van der Waals surface area contributed by atoms with Crippen LogP contribution in [0, 0.1) is 0 Å². The van der Waals surface area contributed by atoms with Gasteiger partial charge in [-0.1, -0.05) is 23.2 Å². The number of phosphoric ester groups is 1. The predicted octanol–water partition coefficient (Wildman–Crippen LogP) is 3.73. The van der Waals surface area contributed by atoms with Gasteiger partial charge < -0.3 is 9.84 Å². The van der Waals surface area contributed by atoms with Crippen LogP contribution in [0.25, 0.3) is 0 Å². The Morgan fingerprint density at radius 3 is 2.67 bits per heavy atom. The summed E-state index contributed by atoms with van der Waals surface area (Å²) in [5, 5.41) is 11.2. The smallest absolute Gasteiger partial charge is 0.387 e. The molecule has 6 atom stereocenters. The zero-order chi connectivity index (χ0) is 24.0. The molecule has 0 aliphatic carbocycles. The van der Waals surface area contributed by atoms with Gasteiger partial charge in [0.1, 0.15) is 12.2 Å². The predicted molar refractivity (Wildman–Crippen MR) is 114 cm³/mol. The summed E-state index contributed by atoms with van der Waals surface area (Å²) in [5.41, 5.74) is -1.81. The van der Waals surface area contributed by atoms with Crippen LogP contribution in [0.3, 0.4) is 0 Å². The van der Waals surface area contributed by atoms with Crippen LogP contribution in [0.2, 0.25) is 10.0 Å². The maximum Gasteiger partial charge on any atom is 0.475 e. The van der Waals surface area contributed by atoms with Crippen molar-refractivity contribution in [3.63, 3.8) is 0 Å². The Morgan fingerprint density at radius 2 is 2.00 bits per heavy atom. The summed E-state index contributed by atoms with van der Waals surface area (Å²) in [7, 11) is -4.10. The normalized spacial score (nSPS) is 37.1. The summed E-state index contributed by atoms with van der Waals surface area (Å²) in [6, 6.07) is 4.78. The van der Waals surface area contributed by atoms with Crippen LogP contribution in [0.15, 0.2) is 30.5 Å². The molecule has 2 saturated heterocycles. The Morgan fingerprint density at radius 1 is 1.30 bits per heavy atom. The molecule has 1 unspecified atom stereocenters. The number of amides is 1. The molecule has 3 aliphatic heterocycles. The van der Waals surface area contributed by atoms with Crippen LogP contribution in [0.1, 0.15) is 31.4 Å². The molecule has 4 rings (SSSR count). The highest BCUT2D eigenvalue weighted by Gasteiger charge is 2.57. The number of aliphatic hydroxyl groups is 1. The monoisotopic (exact) mass is 523 g/mol. The number of carbonyl (C=O) groups is 2. The van der Waals surface area contributed by atoms with E-state index in [-0.39, 0.29) is 6.61 Å². The number of hydrogen-bond donors (Lipinski definition) is 1. The number of carbonyl (C=O) groups excluding carboxylic acids is 2. The number of rotatable bonds is 5. The zero-order valence-corrected chi connectivity index (χ0v) is 19.8. The molecule has 0 spiro atoms. The first-order chi connectivity index (χ1) is 15.5. The van der Waals surface area contributed by atoms with E-state index in [0.717, 1.165) is 24.1 Å². The Hall–Kier alpha value is -1.36. The van der Waals surface area contributed by atoms with Crippen LogP contribution in [0.4, 0.5) is 4.39 Å². The molecule has 9 nitrogen and oxygen atoms in total. The molecular weight excluding hydrogens is 503 g/mol. The lowest BCUT2D eigenvalue weighted by atomic mass is 9.97. The maximum atomic E-state index is 15.3. The van der Waals surface area contributed by atoms with Gasteiger partial charge >= 0.3 is 7.82 Å². The second-order valence-electron chi connectivity index (χ2n) is 8.04. The lowest BCUT2D eigenvalue weighted by molar-refractivity contribution is -0.151. The maximum absolute atomic E-state index is 15.3. The topological polar surface area (TPSA) is 112 Å². The van der Waals surface area contributed by atoms with E-state index in [1.54, 1.807) is 18.2 Å². The number of ether oxygens (including phenoxy) is 1. The Balaban J connectivity index is 1.43. The van der Waals surface area contributed by atoms with E-state index in [4.69, 9.17) is 41.5 Å². The largest absolute Gasteiger partial charge is 0.475 e. The minimum absolute atomic E-state index is 0.0463. The number of alkyl halides is 1. The lowest BCUT2D eigenvalue weighted by Crippen LogP contribution is -2.51. The summed E-state index contributed by atoms with van der Waals surface area (Å²) in [6.07, 6.45) is -3.03. The third-order valence-corrected chi connectivity index (χ3v) is 7.46. The SMILES string of the molecule is C[C@@]1(F)[C@H](O)[C@@H](COP2(=O)OCC[C@H](c3cc(Cl)cc(Cl)c3)O2)O[C@H]1N1C=CC(=O)CC1=O. The Labute approximate surface area is 198 Å². The molecule has 0 bridgehead atoms. The van der Waals surface area contributed by atoms with Crippen LogP contribution in [-0.2, 0) is 32.5 Å². The molecule has 33 heavy (non-hydrogen) atoms. The van der Waals surface area contributed by atoms with Gasteiger partial charge in [-0.3, -0.25) is 28.1 Å². The molecule has 13 heteroatoms. The minimum atomic E-state index is -4.10. The second kappa shape index (κ2) is 9.36. The van der Waals surface area contributed by atoms with Crippen molar-refractivity contribution in [1.82, 2.24) is 4.90 Å². The van der Waals surface area contributed by atoms with Crippen molar-refractivity contribution in [3.8, 4) is 0 Å². The summed E-state index contributed by atoms with van der Waals surface area (Å²) in [6.45, 7) is 0.571. The van der Waals surface area contributed by atoms with Gasteiger partial charge in [-0.2, -0.15) is 0 Å². The van der Waals surface area contributed by atoms with Gasteiger partial charge in [0, 0.05) is 22.7 Å². The molecule has 0 radical (unpaired) electrons. The van der Waals surface area contributed by atoms with E-state index >= 15 is 4.39 Å². The number of phosphoric acid groups is 1. The Kier molecular flexibility index (Phi) is 7.02. The van der Waals surface area contributed by atoms with Crippen LogP contribution < -0.4 is 0 Å². The van der Waals surface area contributed by atoms with Crippen molar-refractivity contribution in [2.24, 2.45) is 0 Å². The van der Waals surface area contributed by atoms with Gasteiger partial charge in [0.15, 0.2) is 17.7 Å². The number of benzene rings is 1. The number of hydrogen-bond acceptors (Lipinski definition) is 8. The number of nitrogens with zero attached hydrogens (tertiary/aromatic N) is 1. The quantitative estimate of drug-likeness (QED) is 0.459. The minimum Gasteiger partial charge on any atom is -0.387 e. The molecule has 180 valence electrons. The van der Waals surface area contributed by atoms with E-state index in [1.807, 2.05) is 0 Å². The molecule has 1 aromatic carbocycles. The molecule has 1 amide bonds. The Bertz CT molecular complexity index is 1020. The average Bonchev–Trinajstić information content (AvgIpc) is 2.95. The van der Waals surface area contributed by atoms with Crippen LogP contribution in [0.5, 0.6) is 0 Å². The fraction of sp³-hybridized carbons (Fsp3) is 0.500. The van der Waals surface area contributed by atoms with Crippen molar-refractivity contribution in [3.05, 3.63) is 46.1 Å². The van der Waals surface area contributed by atoms with E-state index in [2.05, 4.69) is 0 Å². The van der Waals surface area contributed by atoms with Gasteiger partial charge in [0.05, 0.1) is 25.7 Å². The summed E-state index contributed by atoms with van der Waals surface area (Å²) < 4.78 is 49.9. The first-order valence-electron chi connectivity index (χ1n) is 10.1. The van der Waals surface area contributed by atoms with E-state index < -0.39 is 62.7 Å². The lowest BCUT2D eigenvalue weighted by Gasteiger charge is -2.32. The van der Waals surface area contributed by atoms with E-state index in [1.165, 1.54) is 0 Å². The van der Waals surface area contributed by atoms with Crippen molar-refractivity contribution < 1.29 is 42.0 Å². The fourth-order valence-electron chi connectivity index (χ4n) is 3.84. The van der Waals surface area contributed by atoms with Crippen LogP contribution >= 0.6 is 31.0 Å². The summed E-state index contributed by atoms with van der Waals surface area (Å²) >= 11 is 12.0. The van der Waals surface area contributed by atoms with Crippen LogP contribution in [-0.4, -0.2) is 59.0 Å². The second-order valence-corrected chi connectivity index (χ2v) is 10.5. The molecule has 0 saturated carbocycles.